The number of aromatic nitrogens is 2. The first-order chi connectivity index (χ1) is 9.04. The molecule has 0 radical (unpaired) electrons. The average Bonchev–Trinajstić information content (AvgIpc) is 2.69. The van der Waals surface area contributed by atoms with E-state index in [2.05, 4.69) is 22.2 Å². The number of halogens is 1. The molecule has 0 aromatic carbocycles. The molecule has 7 heteroatoms. The fourth-order valence-electron chi connectivity index (χ4n) is 2.31. The van der Waals surface area contributed by atoms with Crippen molar-refractivity contribution in [3.63, 3.8) is 0 Å². The maximum absolute atomic E-state index is 11.8. The molecular weight excluding hydrogens is 286 g/mol. The summed E-state index contributed by atoms with van der Waals surface area (Å²) in [5, 5.41) is 3.25. The van der Waals surface area contributed by atoms with Crippen LogP contribution < -0.4 is 5.32 Å². The second-order valence-corrected chi connectivity index (χ2v) is 7.51. The molecule has 2 rings (SSSR count). The monoisotopic (exact) mass is 303 g/mol. The summed E-state index contributed by atoms with van der Waals surface area (Å²) in [5.41, 5.74) is 0.863. The predicted molar refractivity (Wildman–Crippen MR) is 76.3 cm³/mol. The molecule has 1 atom stereocenters. The zero-order valence-corrected chi connectivity index (χ0v) is 12.5. The molecule has 1 aliphatic heterocycles. The average molecular weight is 304 g/mol. The van der Waals surface area contributed by atoms with E-state index in [-0.39, 0.29) is 5.25 Å². The fraction of sp³-hybridized carbons (Fsp3) is 0.667. The maximum Gasteiger partial charge on any atom is 0.154 e. The minimum absolute atomic E-state index is 0.297. The first-order valence-corrected chi connectivity index (χ1v) is 8.58. The molecule has 19 heavy (non-hydrogen) atoms. The number of nitrogens with one attached hydrogen (secondary N) is 1. The van der Waals surface area contributed by atoms with Crippen LogP contribution in [0.25, 0.3) is 0 Å². The van der Waals surface area contributed by atoms with Crippen LogP contribution in [-0.4, -0.2) is 35.9 Å². The molecule has 1 unspecified atom stereocenters. The number of hydrogen-bond donors (Lipinski definition) is 1. The van der Waals surface area contributed by atoms with Crippen LogP contribution in [0, 0.1) is 0 Å². The lowest BCUT2D eigenvalue weighted by Gasteiger charge is -2.14. The van der Waals surface area contributed by atoms with Gasteiger partial charge in [0.2, 0.25) is 0 Å². The van der Waals surface area contributed by atoms with Crippen LogP contribution >= 0.6 is 11.6 Å². The van der Waals surface area contributed by atoms with E-state index in [1.165, 1.54) is 6.33 Å². The van der Waals surface area contributed by atoms with Crippen LogP contribution in [0.4, 0.5) is 5.82 Å². The molecule has 5 nitrogen and oxygen atoms in total. The lowest BCUT2D eigenvalue weighted by molar-refractivity contribution is 0.591. The third-order valence-corrected chi connectivity index (χ3v) is 5.95. The molecule has 0 bridgehead atoms. The first-order valence-electron chi connectivity index (χ1n) is 6.49. The molecule has 1 aromatic rings. The molecule has 0 aliphatic carbocycles. The molecule has 0 spiro atoms. The third-order valence-electron chi connectivity index (χ3n) is 3.35. The van der Waals surface area contributed by atoms with Crippen molar-refractivity contribution in [2.45, 2.75) is 37.9 Å². The van der Waals surface area contributed by atoms with Gasteiger partial charge in [-0.3, -0.25) is 0 Å². The number of sulfone groups is 1. The summed E-state index contributed by atoms with van der Waals surface area (Å²) in [4.78, 5) is 8.13. The van der Waals surface area contributed by atoms with E-state index in [1.807, 2.05) is 0 Å². The van der Waals surface area contributed by atoms with Crippen LogP contribution in [0.1, 0.15) is 31.7 Å². The summed E-state index contributed by atoms with van der Waals surface area (Å²) in [7, 11) is -2.93. The predicted octanol–water partition coefficient (Wildman–Crippen LogP) is 2.07. The van der Waals surface area contributed by atoms with Gasteiger partial charge in [0, 0.05) is 12.1 Å². The van der Waals surface area contributed by atoms with Gasteiger partial charge in [-0.25, -0.2) is 18.4 Å². The van der Waals surface area contributed by atoms with Crippen molar-refractivity contribution in [1.29, 1.82) is 0 Å². The Balaban J connectivity index is 2.09. The van der Waals surface area contributed by atoms with Crippen molar-refractivity contribution < 1.29 is 8.42 Å². The van der Waals surface area contributed by atoms with E-state index in [0.717, 1.165) is 31.2 Å². The minimum atomic E-state index is -2.93. The molecular formula is C12H18ClN3O2S. The Kier molecular flexibility index (Phi) is 4.62. The zero-order valence-electron chi connectivity index (χ0n) is 10.9. The highest BCUT2D eigenvalue weighted by atomic mass is 35.5. The lowest BCUT2D eigenvalue weighted by Crippen LogP contribution is -2.25. The third kappa shape index (κ3) is 3.36. The zero-order chi connectivity index (χ0) is 13.9. The molecule has 1 aromatic heterocycles. The van der Waals surface area contributed by atoms with Crippen molar-refractivity contribution >= 4 is 27.3 Å². The Morgan fingerprint density at radius 3 is 2.89 bits per heavy atom. The van der Waals surface area contributed by atoms with E-state index < -0.39 is 9.84 Å². The Bertz CT molecular complexity index is 548. The molecule has 106 valence electrons. The van der Waals surface area contributed by atoms with Crippen LogP contribution in [0.15, 0.2) is 6.33 Å². The Labute approximate surface area is 118 Å². The van der Waals surface area contributed by atoms with Crippen LogP contribution in [-0.2, 0) is 16.3 Å². The van der Waals surface area contributed by atoms with E-state index in [4.69, 9.17) is 11.6 Å². The quantitative estimate of drug-likeness (QED) is 0.843. The SMILES string of the molecule is CCCc1c(Cl)ncnc1NCC1CCCS1(=O)=O. The second-order valence-electron chi connectivity index (χ2n) is 4.75. The second kappa shape index (κ2) is 6.05. The maximum atomic E-state index is 11.8. The van der Waals surface area contributed by atoms with E-state index in [0.29, 0.717) is 23.3 Å². The first kappa shape index (κ1) is 14.5. The van der Waals surface area contributed by atoms with E-state index in [9.17, 15) is 8.42 Å². The van der Waals surface area contributed by atoms with Crippen LogP contribution in [0.3, 0.4) is 0 Å². The van der Waals surface area contributed by atoms with Gasteiger partial charge in [-0.05, 0) is 19.3 Å². The minimum Gasteiger partial charge on any atom is -0.368 e. The number of anilines is 1. The van der Waals surface area contributed by atoms with Crippen LogP contribution in [0.2, 0.25) is 5.15 Å². The molecule has 0 saturated carbocycles. The van der Waals surface area contributed by atoms with Gasteiger partial charge < -0.3 is 5.32 Å². The van der Waals surface area contributed by atoms with Gasteiger partial charge in [0.05, 0.1) is 11.0 Å². The number of rotatable bonds is 5. The highest BCUT2D eigenvalue weighted by molar-refractivity contribution is 7.92. The van der Waals surface area contributed by atoms with Crippen LogP contribution in [0.5, 0.6) is 0 Å². The normalized spacial score (nSPS) is 21.5. The summed E-state index contributed by atoms with van der Waals surface area (Å²) in [6, 6.07) is 0. The van der Waals surface area contributed by atoms with Gasteiger partial charge in [0.25, 0.3) is 0 Å². The van der Waals surface area contributed by atoms with Crippen molar-refractivity contribution in [2.24, 2.45) is 0 Å². The highest BCUT2D eigenvalue weighted by Crippen LogP contribution is 2.24. The number of nitrogens with zero attached hydrogens (tertiary/aromatic N) is 2. The van der Waals surface area contributed by atoms with Gasteiger partial charge >= 0.3 is 0 Å². The highest BCUT2D eigenvalue weighted by Gasteiger charge is 2.31. The van der Waals surface area contributed by atoms with E-state index in [1.54, 1.807) is 0 Å². The molecule has 1 fully saturated rings. The summed E-state index contributed by atoms with van der Waals surface area (Å²) < 4.78 is 23.5. The van der Waals surface area contributed by atoms with Crippen molar-refractivity contribution in [3.8, 4) is 0 Å². The molecule has 2 heterocycles. The van der Waals surface area contributed by atoms with E-state index >= 15 is 0 Å². The summed E-state index contributed by atoms with van der Waals surface area (Å²) in [6.07, 6.45) is 4.58. The van der Waals surface area contributed by atoms with Gasteiger partial charge in [-0.15, -0.1) is 0 Å². The van der Waals surface area contributed by atoms with Gasteiger partial charge in [0.15, 0.2) is 9.84 Å². The summed E-state index contributed by atoms with van der Waals surface area (Å²) in [6.45, 7) is 2.45. The van der Waals surface area contributed by atoms with Gasteiger partial charge in [-0.1, -0.05) is 24.9 Å². The lowest BCUT2D eigenvalue weighted by atomic mass is 10.2. The topological polar surface area (TPSA) is 72.0 Å². The fourth-order valence-corrected chi connectivity index (χ4v) is 4.31. The smallest absolute Gasteiger partial charge is 0.154 e. The largest absolute Gasteiger partial charge is 0.368 e. The Morgan fingerprint density at radius 2 is 2.26 bits per heavy atom. The Morgan fingerprint density at radius 1 is 1.47 bits per heavy atom. The molecule has 1 N–H and O–H groups in total. The molecule has 0 amide bonds. The van der Waals surface area contributed by atoms with Gasteiger partial charge in [-0.2, -0.15) is 0 Å². The van der Waals surface area contributed by atoms with Gasteiger partial charge in [0.1, 0.15) is 17.3 Å². The Hall–Kier alpha value is -0.880. The van der Waals surface area contributed by atoms with Crippen molar-refractivity contribution in [3.05, 3.63) is 17.0 Å². The standard InChI is InChI=1S/C12H18ClN3O2S/c1-2-4-10-11(13)15-8-16-12(10)14-7-9-5-3-6-19(9,17)18/h8-9H,2-7H2,1H3,(H,14,15,16). The number of hydrogen-bond acceptors (Lipinski definition) is 5. The van der Waals surface area contributed by atoms with Crippen molar-refractivity contribution in [1.82, 2.24) is 9.97 Å². The molecule has 1 aliphatic rings. The summed E-state index contributed by atoms with van der Waals surface area (Å²) >= 11 is 6.05. The summed E-state index contributed by atoms with van der Waals surface area (Å²) in [5.74, 6) is 0.954. The van der Waals surface area contributed by atoms with Crippen molar-refractivity contribution in [2.75, 3.05) is 17.6 Å². The molecule has 1 saturated heterocycles.